The number of fused-ring (bicyclic) bond motifs is 1. The molecule has 0 aliphatic carbocycles. The smallest absolute Gasteiger partial charge is 0.237 e. The van der Waals surface area contributed by atoms with Crippen LogP contribution in [0.25, 0.3) is 0 Å². The normalized spacial score (nSPS) is 18.8. The summed E-state index contributed by atoms with van der Waals surface area (Å²) in [5.41, 5.74) is 1.93. The topological polar surface area (TPSA) is 52.7 Å². The molecule has 1 aliphatic heterocycles. The highest BCUT2D eigenvalue weighted by atomic mass is 16.2. The average Bonchev–Trinajstić information content (AvgIpc) is 2.47. The molecule has 0 aromatic heterocycles. The first-order chi connectivity index (χ1) is 10.5. The number of hydrogen-bond acceptors (Lipinski definition) is 3. The second-order valence-electron chi connectivity index (χ2n) is 5.97. The van der Waals surface area contributed by atoms with Gasteiger partial charge in [0.2, 0.25) is 11.8 Å². The molecule has 2 amide bonds. The second kappa shape index (κ2) is 6.92. The van der Waals surface area contributed by atoms with E-state index < -0.39 is 0 Å². The van der Waals surface area contributed by atoms with E-state index in [1.54, 1.807) is 11.8 Å². The Hall–Kier alpha value is -1.88. The molecule has 120 valence electrons. The monoisotopic (exact) mass is 303 g/mol. The standard InChI is InChI=1S/C17H25N3O2/c1-5-15(19(3)4)17(22)18-14-10-11-20(12(2)21)16-9-7-6-8-13(14)16/h6-9,14-15H,5,10-11H2,1-4H3,(H,18,22)/t14-,15-/m1/s1. The molecule has 2 atom stereocenters. The van der Waals surface area contributed by atoms with Crippen molar-refractivity contribution in [1.29, 1.82) is 0 Å². The van der Waals surface area contributed by atoms with Crippen molar-refractivity contribution in [3.8, 4) is 0 Å². The maximum Gasteiger partial charge on any atom is 0.237 e. The van der Waals surface area contributed by atoms with Crippen LogP contribution < -0.4 is 10.2 Å². The first kappa shape index (κ1) is 16.5. The summed E-state index contributed by atoms with van der Waals surface area (Å²) < 4.78 is 0. The van der Waals surface area contributed by atoms with Gasteiger partial charge in [-0.05, 0) is 38.6 Å². The summed E-state index contributed by atoms with van der Waals surface area (Å²) in [6.07, 6.45) is 1.51. The number of hydrogen-bond donors (Lipinski definition) is 1. The van der Waals surface area contributed by atoms with Gasteiger partial charge in [0.25, 0.3) is 0 Å². The van der Waals surface area contributed by atoms with E-state index in [2.05, 4.69) is 5.32 Å². The minimum absolute atomic E-state index is 0.0340. The number of nitrogens with one attached hydrogen (secondary N) is 1. The van der Waals surface area contributed by atoms with Crippen molar-refractivity contribution in [3.05, 3.63) is 29.8 Å². The molecule has 0 fully saturated rings. The van der Waals surface area contributed by atoms with Gasteiger partial charge in [0.15, 0.2) is 0 Å². The van der Waals surface area contributed by atoms with Gasteiger partial charge in [-0.1, -0.05) is 25.1 Å². The van der Waals surface area contributed by atoms with E-state index in [-0.39, 0.29) is 23.9 Å². The largest absolute Gasteiger partial charge is 0.348 e. The van der Waals surface area contributed by atoms with Crippen LogP contribution in [0.2, 0.25) is 0 Å². The third kappa shape index (κ3) is 3.30. The van der Waals surface area contributed by atoms with E-state index in [4.69, 9.17) is 0 Å². The summed E-state index contributed by atoms with van der Waals surface area (Å²) in [5, 5.41) is 3.15. The summed E-state index contributed by atoms with van der Waals surface area (Å²) in [4.78, 5) is 28.0. The Morgan fingerprint density at radius 2 is 2.05 bits per heavy atom. The van der Waals surface area contributed by atoms with E-state index >= 15 is 0 Å². The maximum atomic E-state index is 12.5. The molecule has 5 heteroatoms. The Labute approximate surface area is 132 Å². The van der Waals surface area contributed by atoms with Gasteiger partial charge in [-0.25, -0.2) is 0 Å². The van der Waals surface area contributed by atoms with E-state index in [0.717, 1.165) is 24.1 Å². The van der Waals surface area contributed by atoms with Crippen molar-refractivity contribution in [1.82, 2.24) is 10.2 Å². The number of anilines is 1. The van der Waals surface area contributed by atoms with Crippen LogP contribution in [0.3, 0.4) is 0 Å². The molecular formula is C17H25N3O2. The van der Waals surface area contributed by atoms with Gasteiger partial charge >= 0.3 is 0 Å². The molecule has 1 aliphatic rings. The fourth-order valence-electron chi connectivity index (χ4n) is 3.09. The van der Waals surface area contributed by atoms with Crippen LogP contribution in [0.5, 0.6) is 0 Å². The average molecular weight is 303 g/mol. The maximum absolute atomic E-state index is 12.5. The molecule has 22 heavy (non-hydrogen) atoms. The van der Waals surface area contributed by atoms with Gasteiger partial charge in [-0.3, -0.25) is 14.5 Å². The summed E-state index contributed by atoms with van der Waals surface area (Å²) in [5.74, 6) is 0.0838. The van der Waals surface area contributed by atoms with Crippen LogP contribution in [0.15, 0.2) is 24.3 Å². The lowest BCUT2D eigenvalue weighted by atomic mass is 9.95. The van der Waals surface area contributed by atoms with E-state index in [9.17, 15) is 9.59 Å². The van der Waals surface area contributed by atoms with Crippen molar-refractivity contribution in [2.24, 2.45) is 0 Å². The first-order valence-electron chi connectivity index (χ1n) is 7.79. The molecule has 0 saturated heterocycles. The Bertz CT molecular complexity index is 557. The summed E-state index contributed by atoms with van der Waals surface area (Å²) in [6, 6.07) is 7.65. The van der Waals surface area contributed by atoms with Gasteiger partial charge in [0, 0.05) is 19.2 Å². The Kier molecular flexibility index (Phi) is 5.19. The van der Waals surface area contributed by atoms with Crippen LogP contribution in [0.1, 0.15) is 38.3 Å². The number of carbonyl (C=O) groups is 2. The molecule has 1 N–H and O–H groups in total. The van der Waals surface area contributed by atoms with Crippen LogP contribution >= 0.6 is 0 Å². The lowest BCUT2D eigenvalue weighted by Crippen LogP contribution is -2.46. The number of para-hydroxylation sites is 1. The van der Waals surface area contributed by atoms with E-state index in [1.165, 1.54) is 0 Å². The van der Waals surface area contributed by atoms with Crippen LogP contribution in [0.4, 0.5) is 5.69 Å². The van der Waals surface area contributed by atoms with Crippen molar-refractivity contribution in [3.63, 3.8) is 0 Å². The van der Waals surface area contributed by atoms with Crippen LogP contribution in [-0.2, 0) is 9.59 Å². The number of amides is 2. The number of rotatable bonds is 4. The molecule has 1 heterocycles. The Balaban J connectivity index is 2.21. The lowest BCUT2D eigenvalue weighted by molar-refractivity contribution is -0.126. The van der Waals surface area contributed by atoms with Crippen molar-refractivity contribution >= 4 is 17.5 Å². The zero-order valence-electron chi connectivity index (χ0n) is 13.8. The molecule has 1 aromatic rings. The molecule has 2 rings (SSSR count). The Morgan fingerprint density at radius 3 is 2.64 bits per heavy atom. The zero-order valence-corrected chi connectivity index (χ0v) is 13.8. The number of nitrogens with zero attached hydrogens (tertiary/aromatic N) is 2. The number of benzene rings is 1. The minimum atomic E-state index is -0.127. The van der Waals surface area contributed by atoms with E-state index in [0.29, 0.717) is 6.54 Å². The second-order valence-corrected chi connectivity index (χ2v) is 5.97. The molecule has 1 aromatic carbocycles. The fraction of sp³-hybridized carbons (Fsp3) is 0.529. The van der Waals surface area contributed by atoms with Crippen LogP contribution in [0, 0.1) is 0 Å². The lowest BCUT2D eigenvalue weighted by Gasteiger charge is -2.35. The molecular weight excluding hydrogens is 278 g/mol. The summed E-state index contributed by atoms with van der Waals surface area (Å²) in [7, 11) is 3.83. The van der Waals surface area contributed by atoms with Gasteiger partial charge in [0.05, 0.1) is 12.1 Å². The highest BCUT2D eigenvalue weighted by molar-refractivity contribution is 5.93. The van der Waals surface area contributed by atoms with Gasteiger partial charge in [-0.2, -0.15) is 0 Å². The van der Waals surface area contributed by atoms with Gasteiger partial charge in [0.1, 0.15) is 0 Å². The third-order valence-electron chi connectivity index (χ3n) is 4.25. The van der Waals surface area contributed by atoms with Crippen LogP contribution in [-0.4, -0.2) is 43.4 Å². The number of carbonyl (C=O) groups excluding carboxylic acids is 2. The Morgan fingerprint density at radius 1 is 1.36 bits per heavy atom. The summed E-state index contributed by atoms with van der Waals surface area (Å²) in [6.45, 7) is 4.22. The molecule has 5 nitrogen and oxygen atoms in total. The fourth-order valence-corrected chi connectivity index (χ4v) is 3.09. The van der Waals surface area contributed by atoms with E-state index in [1.807, 2.05) is 50.2 Å². The molecule has 0 bridgehead atoms. The molecule has 0 radical (unpaired) electrons. The first-order valence-corrected chi connectivity index (χ1v) is 7.79. The molecule has 0 saturated carbocycles. The third-order valence-corrected chi connectivity index (χ3v) is 4.25. The molecule has 0 unspecified atom stereocenters. The predicted molar refractivity (Wildman–Crippen MR) is 87.7 cm³/mol. The quantitative estimate of drug-likeness (QED) is 0.925. The summed E-state index contributed by atoms with van der Waals surface area (Å²) >= 11 is 0. The minimum Gasteiger partial charge on any atom is -0.348 e. The predicted octanol–water partition coefficient (Wildman–Crippen LogP) is 1.94. The highest BCUT2D eigenvalue weighted by Crippen LogP contribution is 2.33. The zero-order chi connectivity index (χ0) is 16.3. The highest BCUT2D eigenvalue weighted by Gasteiger charge is 2.29. The van der Waals surface area contributed by atoms with Crippen molar-refractivity contribution in [2.75, 3.05) is 25.5 Å². The van der Waals surface area contributed by atoms with Gasteiger partial charge in [-0.15, -0.1) is 0 Å². The SMILES string of the molecule is CC[C@H](C(=O)N[C@@H]1CCN(C(C)=O)c2ccccc21)N(C)C. The van der Waals surface area contributed by atoms with Gasteiger partial charge < -0.3 is 10.2 Å². The molecule has 0 spiro atoms. The van der Waals surface area contributed by atoms with Crippen molar-refractivity contribution in [2.45, 2.75) is 38.8 Å². The number of likely N-dealkylation sites (N-methyl/N-ethyl adjacent to an activating group) is 1. The van der Waals surface area contributed by atoms with Crippen molar-refractivity contribution < 1.29 is 9.59 Å².